The molecule has 1 aliphatic rings. The van der Waals surface area contributed by atoms with Gasteiger partial charge in [-0.1, -0.05) is 44.5 Å². The number of halogens is 1. The molecule has 0 aliphatic carbocycles. The molecule has 1 atom stereocenters. The van der Waals surface area contributed by atoms with Crippen LogP contribution in [0.2, 0.25) is 5.02 Å². The first-order chi connectivity index (χ1) is 15.6. The van der Waals surface area contributed by atoms with Crippen molar-refractivity contribution in [3.63, 3.8) is 0 Å². The summed E-state index contributed by atoms with van der Waals surface area (Å²) < 4.78 is 33.1. The van der Waals surface area contributed by atoms with Gasteiger partial charge in [0.05, 0.1) is 28.6 Å². The van der Waals surface area contributed by atoms with E-state index in [4.69, 9.17) is 16.3 Å². The molecule has 2 aromatic rings. The van der Waals surface area contributed by atoms with Crippen LogP contribution in [-0.2, 0) is 10.0 Å². The Morgan fingerprint density at radius 2 is 1.79 bits per heavy atom. The molecule has 0 spiro atoms. The zero-order valence-electron chi connectivity index (χ0n) is 19.7. The van der Waals surface area contributed by atoms with Crippen LogP contribution in [0, 0.1) is 11.8 Å². The van der Waals surface area contributed by atoms with E-state index in [1.807, 2.05) is 24.3 Å². The van der Waals surface area contributed by atoms with Gasteiger partial charge in [-0.25, -0.2) is 8.42 Å². The molecule has 1 aliphatic heterocycles. The van der Waals surface area contributed by atoms with E-state index in [2.05, 4.69) is 26.1 Å². The summed E-state index contributed by atoms with van der Waals surface area (Å²) >= 11 is 6.34. The number of rotatable bonds is 8. The van der Waals surface area contributed by atoms with Crippen molar-refractivity contribution in [2.24, 2.45) is 11.8 Å². The maximum absolute atomic E-state index is 13.2. The number of ether oxygens (including phenoxy) is 1. The first-order valence-corrected chi connectivity index (χ1v) is 13.2. The fourth-order valence-corrected chi connectivity index (χ4v) is 5.73. The topological polar surface area (TPSA) is 75.7 Å². The van der Waals surface area contributed by atoms with Gasteiger partial charge in [0.1, 0.15) is 5.75 Å². The van der Waals surface area contributed by atoms with Crippen molar-refractivity contribution in [3.05, 3.63) is 58.6 Å². The third kappa shape index (κ3) is 6.28. The largest absolute Gasteiger partial charge is 0.497 e. The van der Waals surface area contributed by atoms with Gasteiger partial charge in [0, 0.05) is 13.1 Å². The van der Waals surface area contributed by atoms with Crippen molar-refractivity contribution in [3.8, 4) is 5.75 Å². The lowest BCUT2D eigenvalue weighted by molar-refractivity contribution is 0.0932. The third-order valence-corrected chi connectivity index (χ3v) is 8.32. The van der Waals surface area contributed by atoms with E-state index in [1.54, 1.807) is 7.11 Å². The summed E-state index contributed by atoms with van der Waals surface area (Å²) in [5, 5.41) is 3.27. The van der Waals surface area contributed by atoms with Crippen LogP contribution in [-0.4, -0.2) is 38.8 Å². The number of nitrogens with one attached hydrogen (secondary N) is 1. The van der Waals surface area contributed by atoms with Gasteiger partial charge < -0.3 is 10.1 Å². The van der Waals surface area contributed by atoms with Gasteiger partial charge in [-0.15, -0.1) is 0 Å². The monoisotopic (exact) mass is 492 g/mol. The number of carbonyl (C=O) groups is 1. The lowest BCUT2D eigenvalue weighted by atomic mass is 9.96. The second kappa shape index (κ2) is 10.9. The molecule has 8 heteroatoms. The van der Waals surface area contributed by atoms with E-state index < -0.39 is 15.9 Å². The van der Waals surface area contributed by atoms with Crippen molar-refractivity contribution < 1.29 is 17.9 Å². The number of methoxy groups -OCH3 is 1. The molecule has 33 heavy (non-hydrogen) atoms. The zero-order valence-corrected chi connectivity index (χ0v) is 21.2. The summed E-state index contributed by atoms with van der Waals surface area (Å²) in [6.45, 7) is 7.28. The van der Waals surface area contributed by atoms with E-state index in [1.165, 1.54) is 22.5 Å². The van der Waals surface area contributed by atoms with Crippen LogP contribution in [0.5, 0.6) is 5.75 Å². The Labute approximate surface area is 202 Å². The molecule has 0 radical (unpaired) electrons. The molecule has 0 unspecified atom stereocenters. The lowest BCUT2D eigenvalue weighted by Crippen LogP contribution is -2.38. The quantitative estimate of drug-likeness (QED) is 0.543. The predicted octanol–water partition coefficient (Wildman–Crippen LogP) is 5.29. The van der Waals surface area contributed by atoms with Crippen LogP contribution >= 0.6 is 11.6 Å². The van der Waals surface area contributed by atoms with Gasteiger partial charge in [0.25, 0.3) is 5.91 Å². The van der Waals surface area contributed by atoms with Crippen LogP contribution in [0.25, 0.3) is 0 Å². The molecule has 1 amide bonds. The Morgan fingerprint density at radius 3 is 2.36 bits per heavy atom. The highest BCUT2D eigenvalue weighted by molar-refractivity contribution is 7.89. The predicted molar refractivity (Wildman–Crippen MR) is 131 cm³/mol. The number of carbonyl (C=O) groups excluding carboxylic acids is 1. The van der Waals surface area contributed by atoms with E-state index in [-0.39, 0.29) is 21.5 Å². The molecule has 3 rings (SSSR count). The van der Waals surface area contributed by atoms with E-state index in [0.29, 0.717) is 24.9 Å². The van der Waals surface area contributed by atoms with Gasteiger partial charge in [-0.3, -0.25) is 4.79 Å². The SMILES string of the molecule is COc1ccc([C@@H](CC(C)C)NC(=O)c2cc(S(=O)(=O)N3CCC(C)CC3)ccc2Cl)cc1. The summed E-state index contributed by atoms with van der Waals surface area (Å²) in [6, 6.07) is 11.7. The van der Waals surface area contributed by atoms with Crippen LogP contribution in [0.4, 0.5) is 0 Å². The van der Waals surface area contributed by atoms with Crippen LogP contribution in [0.15, 0.2) is 47.4 Å². The average molecular weight is 493 g/mol. The van der Waals surface area contributed by atoms with Crippen LogP contribution in [0.1, 0.15) is 62.0 Å². The van der Waals surface area contributed by atoms with Crippen molar-refractivity contribution in [2.75, 3.05) is 20.2 Å². The normalized spacial score (nSPS) is 16.5. The van der Waals surface area contributed by atoms with Crippen molar-refractivity contribution in [2.45, 2.75) is 51.0 Å². The minimum absolute atomic E-state index is 0.0939. The Balaban J connectivity index is 1.85. The molecule has 6 nitrogen and oxygen atoms in total. The molecule has 1 heterocycles. The molecule has 1 N–H and O–H groups in total. The number of amides is 1. The molecule has 0 saturated carbocycles. The first-order valence-electron chi connectivity index (χ1n) is 11.4. The molecule has 2 aromatic carbocycles. The van der Waals surface area contributed by atoms with E-state index in [0.717, 1.165) is 30.6 Å². The summed E-state index contributed by atoms with van der Waals surface area (Å²) in [4.78, 5) is 13.3. The van der Waals surface area contributed by atoms with Crippen LogP contribution in [0.3, 0.4) is 0 Å². The standard InChI is InChI=1S/C25H33ClN2O4S/c1-17(2)15-24(19-5-7-20(32-4)8-6-19)27-25(29)22-16-21(9-10-23(22)26)33(30,31)28-13-11-18(3)12-14-28/h5-10,16-18,24H,11-15H2,1-4H3,(H,27,29)/t24-/m1/s1. The minimum Gasteiger partial charge on any atom is -0.497 e. The number of hydrogen-bond donors (Lipinski definition) is 1. The molecular formula is C25H33ClN2O4S. The number of hydrogen-bond acceptors (Lipinski definition) is 4. The van der Waals surface area contributed by atoms with Gasteiger partial charge in [-0.2, -0.15) is 4.31 Å². The molecular weight excluding hydrogens is 460 g/mol. The first kappa shape index (κ1) is 25.5. The summed E-state index contributed by atoms with van der Waals surface area (Å²) in [5.74, 6) is 1.19. The number of sulfonamides is 1. The van der Waals surface area contributed by atoms with Crippen molar-refractivity contribution in [1.82, 2.24) is 9.62 Å². The van der Waals surface area contributed by atoms with Crippen LogP contribution < -0.4 is 10.1 Å². The molecule has 180 valence electrons. The highest BCUT2D eigenvalue weighted by Crippen LogP contribution is 2.28. The Hall–Kier alpha value is -2.09. The Kier molecular flexibility index (Phi) is 8.43. The Morgan fingerprint density at radius 1 is 1.15 bits per heavy atom. The van der Waals surface area contributed by atoms with Gasteiger partial charge in [0.2, 0.25) is 10.0 Å². The van der Waals surface area contributed by atoms with Crippen molar-refractivity contribution >= 4 is 27.5 Å². The third-order valence-electron chi connectivity index (χ3n) is 6.09. The summed E-state index contributed by atoms with van der Waals surface area (Å²) in [5.41, 5.74) is 1.10. The highest BCUT2D eigenvalue weighted by Gasteiger charge is 2.29. The van der Waals surface area contributed by atoms with E-state index >= 15 is 0 Å². The molecule has 0 aromatic heterocycles. The van der Waals surface area contributed by atoms with Gasteiger partial charge >= 0.3 is 0 Å². The minimum atomic E-state index is -3.68. The fraction of sp³-hybridized carbons (Fsp3) is 0.480. The maximum Gasteiger partial charge on any atom is 0.253 e. The van der Waals surface area contributed by atoms with Gasteiger partial charge in [-0.05, 0) is 67.0 Å². The number of nitrogens with zero attached hydrogens (tertiary/aromatic N) is 1. The maximum atomic E-state index is 13.2. The zero-order chi connectivity index (χ0) is 24.2. The number of piperidine rings is 1. The highest BCUT2D eigenvalue weighted by atomic mass is 35.5. The average Bonchev–Trinajstić information content (AvgIpc) is 2.78. The van der Waals surface area contributed by atoms with Gasteiger partial charge in [0.15, 0.2) is 0 Å². The second-order valence-electron chi connectivity index (χ2n) is 9.16. The summed E-state index contributed by atoms with van der Waals surface area (Å²) in [7, 11) is -2.08. The van der Waals surface area contributed by atoms with E-state index in [9.17, 15) is 13.2 Å². The molecule has 1 fully saturated rings. The second-order valence-corrected chi connectivity index (χ2v) is 11.5. The number of benzene rings is 2. The summed E-state index contributed by atoms with van der Waals surface area (Å²) in [6.07, 6.45) is 2.39. The fourth-order valence-electron chi connectivity index (χ4n) is 4.04. The molecule has 0 bridgehead atoms. The Bertz CT molecular complexity index is 1060. The molecule has 1 saturated heterocycles. The smallest absolute Gasteiger partial charge is 0.253 e. The van der Waals surface area contributed by atoms with Crippen molar-refractivity contribution in [1.29, 1.82) is 0 Å². The lowest BCUT2D eigenvalue weighted by Gasteiger charge is -2.29.